The van der Waals surface area contributed by atoms with Crippen LogP contribution in [0.1, 0.15) is 31.2 Å². The minimum absolute atomic E-state index is 0.396. The van der Waals surface area contributed by atoms with Crippen molar-refractivity contribution in [2.75, 3.05) is 0 Å². The van der Waals surface area contributed by atoms with Crippen LogP contribution in [0.2, 0.25) is 0 Å². The molecule has 3 atom stereocenters. The van der Waals surface area contributed by atoms with Crippen LogP contribution in [0.25, 0.3) is 0 Å². The summed E-state index contributed by atoms with van der Waals surface area (Å²) in [5.74, 6) is -1.98. The molecule has 5 heteroatoms. The maximum Gasteiger partial charge on any atom is 0.282 e. The Morgan fingerprint density at radius 1 is 1.42 bits per heavy atom. The predicted molar refractivity (Wildman–Crippen MR) is 90.6 cm³/mol. The van der Waals surface area contributed by atoms with Crippen LogP contribution in [0.4, 0.5) is 4.39 Å². The molecule has 2 fully saturated rings. The lowest BCUT2D eigenvalue weighted by Gasteiger charge is -2.06. The number of aliphatic imine (C=N–C) groups is 1. The van der Waals surface area contributed by atoms with Crippen molar-refractivity contribution in [3.63, 3.8) is 0 Å². The number of halogens is 1. The van der Waals surface area contributed by atoms with Gasteiger partial charge in [0.15, 0.2) is 0 Å². The molecule has 0 spiro atoms. The summed E-state index contributed by atoms with van der Waals surface area (Å²) in [6, 6.07) is 9.01. The normalized spacial score (nSPS) is 29.5. The molecule has 4 nitrogen and oxygen atoms in total. The molecule has 0 saturated heterocycles. The highest BCUT2D eigenvalue weighted by Crippen LogP contribution is 2.64. The van der Waals surface area contributed by atoms with Gasteiger partial charge in [-0.3, -0.25) is 15.0 Å². The maximum atomic E-state index is 15.3. The van der Waals surface area contributed by atoms with Gasteiger partial charge >= 0.3 is 0 Å². The fraction of sp³-hybridized carbons (Fsp3) is 0.368. The number of rotatable bonds is 6. The van der Waals surface area contributed by atoms with Crippen LogP contribution in [-0.4, -0.2) is 23.0 Å². The number of nitrogens with one attached hydrogen (secondary N) is 1. The van der Waals surface area contributed by atoms with E-state index in [2.05, 4.69) is 11.6 Å². The summed E-state index contributed by atoms with van der Waals surface area (Å²) < 4.78 is 15.3. The van der Waals surface area contributed by atoms with E-state index in [1.54, 1.807) is 36.6 Å². The summed E-state index contributed by atoms with van der Waals surface area (Å²) in [5, 5.41) is 8.93. The average molecular weight is 328 g/mol. The molecule has 3 rings (SSSR count). The van der Waals surface area contributed by atoms with Gasteiger partial charge in [0.2, 0.25) is 5.67 Å². The van der Waals surface area contributed by atoms with Gasteiger partial charge in [-0.25, -0.2) is 9.87 Å². The van der Waals surface area contributed by atoms with Gasteiger partial charge in [-0.1, -0.05) is 36.9 Å². The van der Waals surface area contributed by atoms with Crippen molar-refractivity contribution in [3.8, 4) is 0 Å². The van der Waals surface area contributed by atoms with E-state index in [4.69, 9.17) is 5.21 Å². The minimum atomic E-state index is -2.19. The molecule has 0 heterocycles. The highest BCUT2D eigenvalue weighted by atomic mass is 19.1. The molecule has 0 bridgehead atoms. The molecule has 0 aromatic heterocycles. The average Bonchev–Trinajstić information content (AvgIpc) is 3.49. The van der Waals surface area contributed by atoms with E-state index < -0.39 is 23.4 Å². The number of benzene rings is 1. The van der Waals surface area contributed by atoms with Crippen LogP contribution < -0.4 is 5.48 Å². The molecule has 24 heavy (non-hydrogen) atoms. The molecular weight excluding hydrogens is 307 g/mol. The van der Waals surface area contributed by atoms with Gasteiger partial charge in [0, 0.05) is 29.7 Å². The van der Waals surface area contributed by atoms with Crippen LogP contribution in [0.5, 0.6) is 0 Å². The lowest BCUT2D eigenvalue weighted by Crippen LogP contribution is -2.33. The fourth-order valence-electron chi connectivity index (χ4n) is 3.37. The monoisotopic (exact) mass is 328 g/mol. The molecule has 0 unspecified atom stereocenters. The van der Waals surface area contributed by atoms with E-state index in [9.17, 15) is 4.79 Å². The Kier molecular flexibility index (Phi) is 4.37. The summed E-state index contributed by atoms with van der Waals surface area (Å²) in [7, 11) is 0. The Hall–Kier alpha value is -2.27. The molecule has 1 aromatic carbocycles. The molecular formula is C19H21FN2O2. The Morgan fingerprint density at radius 3 is 2.62 bits per heavy atom. The third-order valence-electron chi connectivity index (χ3n) is 4.74. The first-order chi connectivity index (χ1) is 11.5. The molecule has 2 aliphatic carbocycles. The van der Waals surface area contributed by atoms with Crippen molar-refractivity contribution in [2.24, 2.45) is 16.8 Å². The number of allylic oxidation sites excluding steroid dienone is 3. The maximum absolute atomic E-state index is 15.3. The van der Waals surface area contributed by atoms with Crippen LogP contribution in [0.15, 0.2) is 59.2 Å². The van der Waals surface area contributed by atoms with Crippen LogP contribution in [-0.2, 0) is 4.79 Å². The Morgan fingerprint density at radius 2 is 2.08 bits per heavy atom. The van der Waals surface area contributed by atoms with Crippen LogP contribution in [0, 0.1) is 11.8 Å². The first-order valence-corrected chi connectivity index (χ1v) is 8.11. The molecule has 2 aliphatic rings. The predicted octanol–water partition coefficient (Wildman–Crippen LogP) is 3.55. The van der Waals surface area contributed by atoms with Crippen molar-refractivity contribution >= 4 is 12.1 Å². The number of hydroxylamine groups is 1. The second-order valence-corrected chi connectivity index (χ2v) is 6.38. The molecule has 1 aromatic rings. The van der Waals surface area contributed by atoms with E-state index in [-0.39, 0.29) is 0 Å². The van der Waals surface area contributed by atoms with Crippen molar-refractivity contribution in [3.05, 3.63) is 59.8 Å². The molecule has 126 valence electrons. The first kappa shape index (κ1) is 16.6. The highest BCUT2D eigenvalue weighted by Gasteiger charge is 2.72. The Labute approximate surface area is 140 Å². The Bertz CT molecular complexity index is 709. The number of alkyl halides is 1. The smallest absolute Gasteiger partial charge is 0.282 e. The zero-order chi connectivity index (χ0) is 17.3. The Balaban J connectivity index is 1.91. The number of hydrogen-bond donors (Lipinski definition) is 2. The quantitative estimate of drug-likeness (QED) is 0.363. The molecule has 2 N–H and O–H groups in total. The fourth-order valence-corrected chi connectivity index (χ4v) is 3.37. The number of carbonyl (C=O) groups is 1. The van der Waals surface area contributed by atoms with Gasteiger partial charge in [-0.15, -0.1) is 0 Å². The third-order valence-corrected chi connectivity index (χ3v) is 4.74. The first-order valence-electron chi connectivity index (χ1n) is 8.11. The summed E-state index contributed by atoms with van der Waals surface area (Å²) in [6.45, 7) is 5.82. The SMILES string of the molecule is C=C(/C=C(\N=CC)C1CC1)[C@@H]1[C@@H](c2ccccc2)[C@@]1(F)C(=O)NO. The zero-order valence-corrected chi connectivity index (χ0v) is 13.6. The van der Waals surface area contributed by atoms with E-state index >= 15 is 4.39 Å². The molecule has 0 radical (unpaired) electrons. The van der Waals surface area contributed by atoms with E-state index in [1.807, 2.05) is 13.0 Å². The van der Waals surface area contributed by atoms with Gasteiger partial charge in [0.25, 0.3) is 5.91 Å². The minimum Gasteiger partial charge on any atom is -0.289 e. The van der Waals surface area contributed by atoms with Gasteiger partial charge in [0.1, 0.15) is 0 Å². The number of amides is 1. The van der Waals surface area contributed by atoms with Gasteiger partial charge in [0.05, 0.1) is 0 Å². The topological polar surface area (TPSA) is 61.7 Å². The summed E-state index contributed by atoms with van der Waals surface area (Å²) in [6.07, 6.45) is 5.65. The number of hydrogen-bond acceptors (Lipinski definition) is 3. The molecule has 0 aliphatic heterocycles. The van der Waals surface area contributed by atoms with E-state index in [0.717, 1.165) is 24.1 Å². The van der Waals surface area contributed by atoms with Gasteiger partial charge < -0.3 is 0 Å². The second-order valence-electron chi connectivity index (χ2n) is 6.38. The van der Waals surface area contributed by atoms with Crippen molar-refractivity contribution < 1.29 is 14.4 Å². The van der Waals surface area contributed by atoms with Crippen molar-refractivity contribution in [1.82, 2.24) is 5.48 Å². The molecule has 1 amide bonds. The standard InChI is InChI=1S/C19H21FN2O2/c1-3-21-15(13-9-10-13)11-12(2)16-17(14-7-5-4-6-8-14)19(16,20)18(23)22-24/h3-8,11,13,16-17,24H,2,9-10H2,1H3,(H,22,23)/b15-11-,21-3?/t16-,17-,19-/m1/s1. The molecule has 2 saturated carbocycles. The van der Waals surface area contributed by atoms with Crippen LogP contribution in [0.3, 0.4) is 0 Å². The van der Waals surface area contributed by atoms with Gasteiger partial charge in [-0.2, -0.15) is 0 Å². The second kappa shape index (κ2) is 6.32. The van der Waals surface area contributed by atoms with E-state index in [1.165, 1.54) is 5.48 Å². The third kappa shape index (κ3) is 2.80. The largest absolute Gasteiger partial charge is 0.289 e. The summed E-state index contributed by atoms with van der Waals surface area (Å²) in [4.78, 5) is 16.3. The lowest BCUT2D eigenvalue weighted by molar-refractivity contribution is -0.136. The summed E-state index contributed by atoms with van der Waals surface area (Å²) >= 11 is 0. The van der Waals surface area contributed by atoms with Gasteiger partial charge in [-0.05, 0) is 37.0 Å². The van der Waals surface area contributed by atoms with Crippen LogP contribution >= 0.6 is 0 Å². The van der Waals surface area contributed by atoms with E-state index in [0.29, 0.717) is 11.5 Å². The number of carbonyl (C=O) groups excluding carboxylic acids is 1. The van der Waals surface area contributed by atoms with Crippen molar-refractivity contribution in [2.45, 2.75) is 31.4 Å². The van der Waals surface area contributed by atoms with Crippen molar-refractivity contribution in [1.29, 1.82) is 0 Å². The summed E-state index contributed by atoms with van der Waals surface area (Å²) in [5.41, 5.74) is 1.40. The zero-order valence-electron chi connectivity index (χ0n) is 13.6. The number of nitrogens with zero attached hydrogens (tertiary/aromatic N) is 1. The lowest BCUT2D eigenvalue weighted by atomic mass is 10.0. The highest BCUT2D eigenvalue weighted by molar-refractivity contribution is 5.91.